The molecule has 2 aliphatic rings. The molecule has 2 saturated carbocycles. The summed E-state index contributed by atoms with van der Waals surface area (Å²) < 4.78 is 5.59. The molecule has 0 saturated heterocycles. The molecular weight excluding hydrogens is 341 g/mol. The minimum absolute atomic E-state index is 0. The smallest absolute Gasteiger partial charge is 0.188 e. The summed E-state index contributed by atoms with van der Waals surface area (Å²) in [5.74, 6) is 1.25. The van der Waals surface area contributed by atoms with Gasteiger partial charge in [0.1, 0.15) is 0 Å². The number of rotatable bonds is 5. The molecule has 2 aliphatic carbocycles. The standard InChI is InChI=1S/C13H25N3O.HI/c1-13(17-2,10-7-8-10)9-15-12(14)16-11-5-3-4-6-11;/h10-11H,3-9H2,1-2H3,(H3,14,15,16);1H. The Bertz CT molecular complexity index is 288. The molecule has 0 aromatic rings. The molecule has 0 bridgehead atoms. The predicted octanol–water partition coefficient (Wildman–Crippen LogP) is 2.27. The van der Waals surface area contributed by atoms with Crippen LogP contribution in [0.2, 0.25) is 0 Å². The largest absolute Gasteiger partial charge is 0.376 e. The molecular formula is C13H26IN3O. The average Bonchev–Trinajstić information content (AvgIpc) is 3.07. The molecule has 1 atom stereocenters. The molecule has 4 nitrogen and oxygen atoms in total. The highest BCUT2D eigenvalue weighted by molar-refractivity contribution is 14.0. The number of methoxy groups -OCH3 is 1. The van der Waals surface area contributed by atoms with Gasteiger partial charge in [0.25, 0.3) is 0 Å². The van der Waals surface area contributed by atoms with Gasteiger partial charge in [0, 0.05) is 13.2 Å². The van der Waals surface area contributed by atoms with Gasteiger partial charge < -0.3 is 15.8 Å². The molecule has 0 spiro atoms. The number of guanidine groups is 1. The summed E-state index contributed by atoms with van der Waals surface area (Å²) in [6, 6.07) is 0.536. The molecule has 0 aliphatic heterocycles. The molecule has 0 aromatic heterocycles. The molecule has 0 aromatic carbocycles. The first-order chi connectivity index (χ1) is 8.14. The van der Waals surface area contributed by atoms with Crippen molar-refractivity contribution in [3.05, 3.63) is 0 Å². The van der Waals surface area contributed by atoms with Crippen molar-refractivity contribution in [1.82, 2.24) is 5.32 Å². The van der Waals surface area contributed by atoms with Gasteiger partial charge in [0.15, 0.2) is 5.96 Å². The first-order valence-corrected chi connectivity index (χ1v) is 6.75. The van der Waals surface area contributed by atoms with Crippen LogP contribution in [-0.4, -0.2) is 31.3 Å². The molecule has 2 fully saturated rings. The Morgan fingerprint density at radius 1 is 1.33 bits per heavy atom. The van der Waals surface area contributed by atoms with Crippen molar-refractivity contribution in [1.29, 1.82) is 0 Å². The maximum atomic E-state index is 5.92. The highest BCUT2D eigenvalue weighted by Gasteiger charge is 2.41. The van der Waals surface area contributed by atoms with Gasteiger partial charge >= 0.3 is 0 Å². The summed E-state index contributed by atoms with van der Waals surface area (Å²) in [5.41, 5.74) is 5.80. The quantitative estimate of drug-likeness (QED) is 0.445. The lowest BCUT2D eigenvalue weighted by atomic mass is 10.0. The number of nitrogens with two attached hydrogens (primary N) is 1. The van der Waals surface area contributed by atoms with E-state index in [4.69, 9.17) is 10.5 Å². The molecule has 1 unspecified atom stereocenters. The van der Waals surface area contributed by atoms with E-state index in [-0.39, 0.29) is 29.6 Å². The van der Waals surface area contributed by atoms with Crippen LogP contribution in [0.1, 0.15) is 45.4 Å². The Labute approximate surface area is 127 Å². The number of hydrogen-bond acceptors (Lipinski definition) is 2. The van der Waals surface area contributed by atoms with Gasteiger partial charge in [0.05, 0.1) is 12.1 Å². The van der Waals surface area contributed by atoms with Crippen molar-refractivity contribution in [2.45, 2.75) is 57.1 Å². The summed E-state index contributed by atoms with van der Waals surface area (Å²) in [7, 11) is 1.77. The van der Waals surface area contributed by atoms with Crippen LogP contribution < -0.4 is 11.1 Å². The number of hydrogen-bond donors (Lipinski definition) is 2. The lowest BCUT2D eigenvalue weighted by molar-refractivity contribution is -0.00474. The highest BCUT2D eigenvalue weighted by atomic mass is 127. The molecule has 18 heavy (non-hydrogen) atoms. The van der Waals surface area contributed by atoms with Gasteiger partial charge in [0.2, 0.25) is 0 Å². The predicted molar refractivity (Wildman–Crippen MR) is 85.4 cm³/mol. The summed E-state index contributed by atoms with van der Waals surface area (Å²) in [4.78, 5) is 4.45. The van der Waals surface area contributed by atoms with Gasteiger partial charge in [-0.15, -0.1) is 24.0 Å². The van der Waals surface area contributed by atoms with Gasteiger partial charge in [-0.3, -0.25) is 4.99 Å². The van der Waals surface area contributed by atoms with Crippen molar-refractivity contribution >= 4 is 29.9 Å². The number of ether oxygens (including phenoxy) is 1. The third-order valence-electron chi connectivity index (χ3n) is 4.18. The second kappa shape index (κ2) is 6.93. The van der Waals surface area contributed by atoms with Crippen molar-refractivity contribution < 1.29 is 4.74 Å². The molecule has 5 heteroatoms. The molecule has 0 heterocycles. The normalized spacial score (nSPS) is 24.4. The SMILES string of the molecule is COC(C)(CN=C(N)NC1CCCC1)C1CC1.I. The maximum Gasteiger partial charge on any atom is 0.188 e. The Morgan fingerprint density at radius 3 is 2.44 bits per heavy atom. The third kappa shape index (κ3) is 4.26. The second-order valence-electron chi connectivity index (χ2n) is 5.62. The molecule has 106 valence electrons. The van der Waals surface area contributed by atoms with Crippen LogP contribution in [0.15, 0.2) is 4.99 Å². The van der Waals surface area contributed by atoms with Gasteiger partial charge in [-0.05, 0) is 38.5 Å². The van der Waals surface area contributed by atoms with E-state index in [9.17, 15) is 0 Å². The Hall–Kier alpha value is -0.0400. The van der Waals surface area contributed by atoms with Crippen molar-refractivity contribution in [2.75, 3.05) is 13.7 Å². The van der Waals surface area contributed by atoms with Crippen LogP contribution in [0.5, 0.6) is 0 Å². The van der Waals surface area contributed by atoms with Crippen molar-refractivity contribution in [3.63, 3.8) is 0 Å². The summed E-state index contributed by atoms with van der Waals surface area (Å²) in [6.07, 6.45) is 7.58. The zero-order valence-electron chi connectivity index (χ0n) is 11.4. The van der Waals surface area contributed by atoms with E-state index >= 15 is 0 Å². The topological polar surface area (TPSA) is 59.6 Å². The number of nitrogens with zero attached hydrogens (tertiary/aromatic N) is 1. The third-order valence-corrected chi connectivity index (χ3v) is 4.18. The second-order valence-corrected chi connectivity index (χ2v) is 5.62. The zero-order chi connectivity index (χ0) is 12.3. The van der Waals surface area contributed by atoms with Gasteiger partial charge in [-0.1, -0.05) is 12.8 Å². The number of halogens is 1. The Balaban J connectivity index is 0.00000162. The lowest BCUT2D eigenvalue weighted by Gasteiger charge is -2.26. The van der Waals surface area contributed by atoms with E-state index in [0.717, 1.165) is 0 Å². The Morgan fingerprint density at radius 2 is 1.94 bits per heavy atom. The van der Waals surface area contributed by atoms with Crippen LogP contribution in [0.25, 0.3) is 0 Å². The van der Waals surface area contributed by atoms with Crippen LogP contribution in [0, 0.1) is 5.92 Å². The molecule has 0 radical (unpaired) electrons. The van der Waals surface area contributed by atoms with Crippen LogP contribution in [0.3, 0.4) is 0 Å². The molecule has 3 N–H and O–H groups in total. The first kappa shape index (κ1) is 16.0. The minimum atomic E-state index is -0.123. The van der Waals surface area contributed by atoms with Crippen LogP contribution in [0.4, 0.5) is 0 Å². The van der Waals surface area contributed by atoms with Crippen LogP contribution >= 0.6 is 24.0 Å². The van der Waals surface area contributed by atoms with E-state index in [1.807, 2.05) is 0 Å². The first-order valence-electron chi connectivity index (χ1n) is 6.75. The minimum Gasteiger partial charge on any atom is -0.376 e. The zero-order valence-corrected chi connectivity index (χ0v) is 13.8. The van der Waals surface area contributed by atoms with E-state index < -0.39 is 0 Å². The van der Waals surface area contributed by atoms with Gasteiger partial charge in [-0.2, -0.15) is 0 Å². The fourth-order valence-electron chi connectivity index (χ4n) is 2.62. The lowest BCUT2D eigenvalue weighted by Crippen LogP contribution is -2.41. The van der Waals surface area contributed by atoms with Gasteiger partial charge in [-0.25, -0.2) is 0 Å². The van der Waals surface area contributed by atoms with Crippen LogP contribution in [-0.2, 0) is 4.74 Å². The van der Waals surface area contributed by atoms with E-state index in [1.54, 1.807) is 7.11 Å². The summed E-state index contributed by atoms with van der Waals surface area (Å²) in [5, 5.41) is 3.31. The van der Waals surface area contributed by atoms with Crippen molar-refractivity contribution in [3.8, 4) is 0 Å². The van der Waals surface area contributed by atoms with E-state index in [2.05, 4.69) is 17.2 Å². The number of aliphatic imine (C=N–C) groups is 1. The maximum absolute atomic E-state index is 5.92. The molecule has 2 rings (SSSR count). The monoisotopic (exact) mass is 367 g/mol. The number of nitrogens with one attached hydrogen (secondary N) is 1. The van der Waals surface area contributed by atoms with E-state index in [0.29, 0.717) is 24.5 Å². The summed E-state index contributed by atoms with van der Waals surface area (Å²) >= 11 is 0. The fourth-order valence-corrected chi connectivity index (χ4v) is 2.62. The molecule has 0 amide bonds. The fraction of sp³-hybridized carbons (Fsp3) is 0.923. The van der Waals surface area contributed by atoms with E-state index in [1.165, 1.54) is 38.5 Å². The summed E-state index contributed by atoms with van der Waals surface area (Å²) in [6.45, 7) is 2.80. The highest BCUT2D eigenvalue weighted by Crippen LogP contribution is 2.41. The average molecular weight is 367 g/mol. The van der Waals surface area contributed by atoms with Crippen molar-refractivity contribution in [2.24, 2.45) is 16.6 Å². The Kier molecular flexibility index (Phi) is 6.17.